The molecule has 1 N–H and O–H groups in total. The summed E-state index contributed by atoms with van der Waals surface area (Å²) < 4.78 is 2.06. The molecule has 14 heavy (non-hydrogen) atoms. The van der Waals surface area contributed by atoms with Crippen molar-refractivity contribution in [2.24, 2.45) is 0 Å². The molecule has 0 spiro atoms. The third-order valence-electron chi connectivity index (χ3n) is 2.87. The molecule has 1 aliphatic carbocycles. The first kappa shape index (κ1) is 9.71. The van der Waals surface area contributed by atoms with Gasteiger partial charge in [0, 0.05) is 30.4 Å². The third kappa shape index (κ3) is 2.35. The molecule has 1 aromatic rings. The molecule has 1 aliphatic rings. The predicted octanol–water partition coefficient (Wildman–Crippen LogP) is 2.11. The van der Waals surface area contributed by atoms with Crippen LogP contribution in [0.15, 0.2) is 12.4 Å². The number of nitrogens with one attached hydrogen (secondary N) is 1. The fourth-order valence-electron chi connectivity index (χ4n) is 1.45. The van der Waals surface area contributed by atoms with Crippen LogP contribution in [0.3, 0.4) is 0 Å². The maximum Gasteiger partial charge on any atom is 0.0534 e. The van der Waals surface area contributed by atoms with Crippen molar-refractivity contribution in [1.29, 1.82) is 0 Å². The molecule has 3 heteroatoms. The number of rotatable bonds is 5. The summed E-state index contributed by atoms with van der Waals surface area (Å²) >= 11 is 0. The minimum Gasteiger partial charge on any atom is -0.310 e. The second-order valence-corrected chi connectivity index (χ2v) is 4.24. The fourth-order valence-corrected chi connectivity index (χ4v) is 1.45. The van der Waals surface area contributed by atoms with Crippen molar-refractivity contribution < 1.29 is 0 Å². The Kier molecular flexibility index (Phi) is 2.87. The summed E-state index contributed by atoms with van der Waals surface area (Å²) in [6.07, 6.45) is 7.96. The molecule has 1 fully saturated rings. The SMILES string of the molecule is CCC(C)n1cc(CNC2CC2)cn1. The van der Waals surface area contributed by atoms with Crippen molar-refractivity contribution in [2.45, 2.75) is 51.7 Å². The van der Waals surface area contributed by atoms with E-state index in [1.807, 2.05) is 6.20 Å². The Hall–Kier alpha value is -0.830. The lowest BCUT2D eigenvalue weighted by molar-refractivity contribution is 0.477. The highest BCUT2D eigenvalue weighted by atomic mass is 15.3. The van der Waals surface area contributed by atoms with Crippen LogP contribution >= 0.6 is 0 Å². The first-order valence-corrected chi connectivity index (χ1v) is 5.56. The van der Waals surface area contributed by atoms with Crippen LogP contribution in [-0.2, 0) is 6.54 Å². The van der Waals surface area contributed by atoms with Crippen molar-refractivity contribution in [3.63, 3.8) is 0 Å². The second kappa shape index (κ2) is 4.13. The highest BCUT2D eigenvalue weighted by molar-refractivity contribution is 5.04. The smallest absolute Gasteiger partial charge is 0.0534 e. The van der Waals surface area contributed by atoms with E-state index in [1.54, 1.807) is 0 Å². The topological polar surface area (TPSA) is 29.9 Å². The standard InChI is InChI=1S/C11H19N3/c1-3-9(2)14-8-10(7-13-14)6-12-11-4-5-11/h7-9,11-12H,3-6H2,1-2H3. The molecule has 78 valence electrons. The molecule has 1 atom stereocenters. The van der Waals surface area contributed by atoms with Gasteiger partial charge in [-0.1, -0.05) is 6.92 Å². The molecule has 0 saturated heterocycles. The van der Waals surface area contributed by atoms with Gasteiger partial charge in [-0.25, -0.2) is 0 Å². The van der Waals surface area contributed by atoms with Gasteiger partial charge in [-0.2, -0.15) is 5.10 Å². The lowest BCUT2D eigenvalue weighted by atomic mass is 10.3. The van der Waals surface area contributed by atoms with E-state index in [2.05, 4.69) is 35.1 Å². The molecule has 0 aromatic carbocycles. The first-order valence-electron chi connectivity index (χ1n) is 5.56. The molecule has 2 rings (SSSR count). The normalized spacial score (nSPS) is 18.4. The first-order chi connectivity index (χ1) is 6.79. The van der Waals surface area contributed by atoms with Crippen molar-refractivity contribution in [1.82, 2.24) is 15.1 Å². The zero-order chi connectivity index (χ0) is 9.97. The van der Waals surface area contributed by atoms with E-state index in [0.29, 0.717) is 6.04 Å². The molecule has 1 heterocycles. The van der Waals surface area contributed by atoms with Crippen LogP contribution in [-0.4, -0.2) is 15.8 Å². The van der Waals surface area contributed by atoms with Gasteiger partial charge in [0.25, 0.3) is 0 Å². The van der Waals surface area contributed by atoms with Crippen LogP contribution in [0.2, 0.25) is 0 Å². The van der Waals surface area contributed by atoms with Crippen LogP contribution in [0, 0.1) is 0 Å². The minimum atomic E-state index is 0.518. The quantitative estimate of drug-likeness (QED) is 0.776. The molecule has 0 bridgehead atoms. The molecular weight excluding hydrogens is 174 g/mol. The zero-order valence-corrected chi connectivity index (χ0v) is 9.03. The van der Waals surface area contributed by atoms with Gasteiger partial charge in [0.15, 0.2) is 0 Å². The van der Waals surface area contributed by atoms with Crippen LogP contribution in [0.4, 0.5) is 0 Å². The van der Waals surface area contributed by atoms with Gasteiger partial charge in [-0.3, -0.25) is 4.68 Å². The summed E-state index contributed by atoms with van der Waals surface area (Å²) in [4.78, 5) is 0. The Morgan fingerprint density at radius 3 is 3.07 bits per heavy atom. The molecule has 1 saturated carbocycles. The highest BCUT2D eigenvalue weighted by Crippen LogP contribution is 2.19. The van der Waals surface area contributed by atoms with E-state index in [-0.39, 0.29) is 0 Å². The molecular formula is C11H19N3. The van der Waals surface area contributed by atoms with Gasteiger partial charge in [-0.15, -0.1) is 0 Å². The minimum absolute atomic E-state index is 0.518. The fraction of sp³-hybridized carbons (Fsp3) is 0.727. The molecule has 1 aromatic heterocycles. The molecule has 0 amide bonds. The van der Waals surface area contributed by atoms with Gasteiger partial charge >= 0.3 is 0 Å². The Labute approximate surface area is 85.5 Å². The van der Waals surface area contributed by atoms with Crippen LogP contribution in [0.5, 0.6) is 0 Å². The van der Waals surface area contributed by atoms with E-state index < -0.39 is 0 Å². The number of aromatic nitrogens is 2. The van der Waals surface area contributed by atoms with E-state index in [4.69, 9.17) is 0 Å². The predicted molar refractivity (Wildman–Crippen MR) is 57.1 cm³/mol. The van der Waals surface area contributed by atoms with E-state index >= 15 is 0 Å². The zero-order valence-electron chi connectivity index (χ0n) is 9.03. The lowest BCUT2D eigenvalue weighted by Crippen LogP contribution is -2.14. The molecule has 1 unspecified atom stereocenters. The summed E-state index contributed by atoms with van der Waals surface area (Å²) in [6, 6.07) is 1.30. The van der Waals surface area contributed by atoms with E-state index in [9.17, 15) is 0 Å². The Morgan fingerprint density at radius 2 is 2.43 bits per heavy atom. The van der Waals surface area contributed by atoms with Crippen molar-refractivity contribution >= 4 is 0 Å². The maximum atomic E-state index is 4.36. The summed E-state index contributed by atoms with van der Waals surface area (Å²) in [5.74, 6) is 0. The van der Waals surface area contributed by atoms with Crippen LogP contribution in [0.25, 0.3) is 0 Å². The summed E-state index contributed by atoms with van der Waals surface area (Å²) in [5, 5.41) is 7.85. The third-order valence-corrected chi connectivity index (χ3v) is 2.87. The Bertz CT molecular complexity index is 288. The molecule has 0 aliphatic heterocycles. The average molecular weight is 193 g/mol. The average Bonchev–Trinajstić information content (AvgIpc) is 2.92. The van der Waals surface area contributed by atoms with Crippen molar-refractivity contribution in [3.05, 3.63) is 18.0 Å². The van der Waals surface area contributed by atoms with Gasteiger partial charge in [0.05, 0.1) is 6.20 Å². The van der Waals surface area contributed by atoms with Crippen LogP contribution in [0.1, 0.15) is 44.7 Å². The summed E-state index contributed by atoms with van der Waals surface area (Å²) in [7, 11) is 0. The summed E-state index contributed by atoms with van der Waals surface area (Å²) in [5.41, 5.74) is 1.30. The lowest BCUT2D eigenvalue weighted by Gasteiger charge is -2.07. The molecule has 0 radical (unpaired) electrons. The Morgan fingerprint density at radius 1 is 1.64 bits per heavy atom. The maximum absolute atomic E-state index is 4.36. The van der Waals surface area contributed by atoms with Gasteiger partial charge < -0.3 is 5.32 Å². The summed E-state index contributed by atoms with van der Waals surface area (Å²) in [6.45, 7) is 5.36. The number of hydrogen-bond donors (Lipinski definition) is 1. The molecule has 3 nitrogen and oxygen atoms in total. The van der Waals surface area contributed by atoms with Gasteiger partial charge in [0.2, 0.25) is 0 Å². The van der Waals surface area contributed by atoms with Crippen LogP contribution < -0.4 is 5.32 Å². The van der Waals surface area contributed by atoms with E-state index in [1.165, 1.54) is 18.4 Å². The monoisotopic (exact) mass is 193 g/mol. The van der Waals surface area contributed by atoms with Crippen molar-refractivity contribution in [3.8, 4) is 0 Å². The highest BCUT2D eigenvalue weighted by Gasteiger charge is 2.20. The van der Waals surface area contributed by atoms with Crippen molar-refractivity contribution in [2.75, 3.05) is 0 Å². The number of hydrogen-bond acceptors (Lipinski definition) is 2. The van der Waals surface area contributed by atoms with Gasteiger partial charge in [0.1, 0.15) is 0 Å². The Balaban J connectivity index is 1.87. The van der Waals surface area contributed by atoms with Gasteiger partial charge in [-0.05, 0) is 26.2 Å². The number of nitrogens with zero attached hydrogens (tertiary/aromatic N) is 2. The van der Waals surface area contributed by atoms with E-state index in [0.717, 1.165) is 19.0 Å². The second-order valence-electron chi connectivity index (χ2n) is 4.24. The largest absolute Gasteiger partial charge is 0.310 e.